The van der Waals surface area contributed by atoms with Crippen LogP contribution in [0.5, 0.6) is 5.75 Å². The molecule has 0 aliphatic heterocycles. The van der Waals surface area contributed by atoms with E-state index in [0.717, 1.165) is 21.2 Å². The van der Waals surface area contributed by atoms with Gasteiger partial charge in [-0.05, 0) is 26.0 Å². The van der Waals surface area contributed by atoms with Gasteiger partial charge in [-0.25, -0.2) is 4.98 Å². The van der Waals surface area contributed by atoms with Crippen molar-refractivity contribution in [2.75, 3.05) is 12.3 Å². The molecule has 0 amide bonds. The predicted octanol–water partition coefficient (Wildman–Crippen LogP) is 3.10. The van der Waals surface area contributed by atoms with Crippen LogP contribution in [0.3, 0.4) is 0 Å². The first kappa shape index (κ1) is 11.0. The summed E-state index contributed by atoms with van der Waals surface area (Å²) < 4.78 is 5.57. The van der Waals surface area contributed by atoms with Crippen LogP contribution < -0.4 is 10.5 Å². The molecule has 2 aromatic rings. The summed E-state index contributed by atoms with van der Waals surface area (Å²) in [5.74, 6) is 1.46. The molecule has 0 unspecified atom stereocenters. The fourth-order valence-electron chi connectivity index (χ4n) is 1.45. The molecule has 2 rings (SSSR count). The summed E-state index contributed by atoms with van der Waals surface area (Å²) in [6.07, 6.45) is 0. The van der Waals surface area contributed by atoms with Crippen LogP contribution in [0.2, 0.25) is 0 Å². The van der Waals surface area contributed by atoms with Gasteiger partial charge in [-0.15, -0.1) is 11.3 Å². The van der Waals surface area contributed by atoms with Crippen molar-refractivity contribution >= 4 is 17.2 Å². The smallest absolute Gasteiger partial charge is 0.138 e. The first-order valence-corrected chi connectivity index (χ1v) is 5.99. The Morgan fingerprint density at radius 3 is 2.75 bits per heavy atom. The van der Waals surface area contributed by atoms with Gasteiger partial charge in [0.1, 0.15) is 16.6 Å². The van der Waals surface area contributed by atoms with Gasteiger partial charge in [0, 0.05) is 4.88 Å². The quantitative estimate of drug-likeness (QED) is 0.887. The SMILES string of the molecule is CCOc1ccccc1-c1nc(N)c(C)s1. The molecule has 0 atom stereocenters. The molecule has 1 aromatic heterocycles. The molecule has 0 saturated carbocycles. The zero-order valence-electron chi connectivity index (χ0n) is 9.36. The minimum atomic E-state index is 0.603. The van der Waals surface area contributed by atoms with Crippen molar-refractivity contribution in [2.45, 2.75) is 13.8 Å². The lowest BCUT2D eigenvalue weighted by Gasteiger charge is -2.06. The van der Waals surface area contributed by atoms with Crippen LogP contribution in [0, 0.1) is 6.92 Å². The molecular weight excluding hydrogens is 220 g/mol. The fourth-order valence-corrected chi connectivity index (χ4v) is 2.31. The van der Waals surface area contributed by atoms with E-state index in [0.29, 0.717) is 12.4 Å². The van der Waals surface area contributed by atoms with Gasteiger partial charge in [0.15, 0.2) is 0 Å². The number of hydrogen-bond donors (Lipinski definition) is 1. The van der Waals surface area contributed by atoms with Crippen molar-refractivity contribution in [1.82, 2.24) is 4.98 Å². The Labute approximate surface area is 98.9 Å². The summed E-state index contributed by atoms with van der Waals surface area (Å²) >= 11 is 1.59. The molecular formula is C12H14N2OS. The van der Waals surface area contributed by atoms with Crippen molar-refractivity contribution in [1.29, 1.82) is 0 Å². The first-order chi connectivity index (χ1) is 7.72. The molecule has 0 bridgehead atoms. The highest BCUT2D eigenvalue weighted by Crippen LogP contribution is 2.34. The minimum Gasteiger partial charge on any atom is -0.493 e. The van der Waals surface area contributed by atoms with Crippen LogP contribution in [0.4, 0.5) is 5.82 Å². The number of hydrogen-bond acceptors (Lipinski definition) is 4. The number of nitrogens with zero attached hydrogens (tertiary/aromatic N) is 1. The zero-order chi connectivity index (χ0) is 11.5. The number of nitrogen functional groups attached to an aromatic ring is 1. The number of para-hydroxylation sites is 1. The summed E-state index contributed by atoms with van der Waals surface area (Å²) in [5, 5.41) is 0.916. The fraction of sp³-hybridized carbons (Fsp3) is 0.250. The Kier molecular flexibility index (Phi) is 3.10. The molecule has 0 spiro atoms. The van der Waals surface area contributed by atoms with Gasteiger partial charge in [-0.3, -0.25) is 0 Å². The number of rotatable bonds is 3. The van der Waals surface area contributed by atoms with Gasteiger partial charge >= 0.3 is 0 Å². The highest BCUT2D eigenvalue weighted by molar-refractivity contribution is 7.15. The van der Waals surface area contributed by atoms with Crippen LogP contribution in [0.25, 0.3) is 10.6 Å². The number of benzene rings is 1. The molecule has 3 nitrogen and oxygen atoms in total. The maximum Gasteiger partial charge on any atom is 0.138 e. The standard InChI is InChI=1S/C12H14N2OS/c1-3-15-10-7-5-4-6-9(10)12-14-11(13)8(2)16-12/h4-7H,3,13H2,1-2H3. The zero-order valence-corrected chi connectivity index (χ0v) is 10.2. The van der Waals surface area contributed by atoms with Crippen molar-refractivity contribution in [2.24, 2.45) is 0 Å². The first-order valence-electron chi connectivity index (χ1n) is 5.17. The lowest BCUT2D eigenvalue weighted by Crippen LogP contribution is -1.93. The van der Waals surface area contributed by atoms with Gasteiger partial charge in [0.25, 0.3) is 0 Å². The molecule has 2 N–H and O–H groups in total. The van der Waals surface area contributed by atoms with Crippen LogP contribution >= 0.6 is 11.3 Å². The normalized spacial score (nSPS) is 10.4. The topological polar surface area (TPSA) is 48.1 Å². The predicted molar refractivity (Wildman–Crippen MR) is 67.9 cm³/mol. The third kappa shape index (κ3) is 2.02. The third-order valence-electron chi connectivity index (χ3n) is 2.25. The molecule has 0 saturated heterocycles. The van der Waals surface area contributed by atoms with E-state index in [2.05, 4.69) is 4.98 Å². The molecule has 0 radical (unpaired) electrons. The Morgan fingerprint density at radius 2 is 2.12 bits per heavy atom. The largest absolute Gasteiger partial charge is 0.493 e. The number of ether oxygens (including phenoxy) is 1. The molecule has 84 valence electrons. The van der Waals surface area contributed by atoms with E-state index in [9.17, 15) is 0 Å². The van der Waals surface area contributed by atoms with Gasteiger partial charge in [-0.2, -0.15) is 0 Å². The second kappa shape index (κ2) is 4.53. The van der Waals surface area contributed by atoms with E-state index in [1.807, 2.05) is 38.1 Å². The van der Waals surface area contributed by atoms with Gasteiger partial charge < -0.3 is 10.5 Å². The van der Waals surface area contributed by atoms with E-state index in [4.69, 9.17) is 10.5 Å². The molecule has 0 fully saturated rings. The lowest BCUT2D eigenvalue weighted by atomic mass is 10.2. The van der Waals surface area contributed by atoms with E-state index in [-0.39, 0.29) is 0 Å². The number of nitrogens with two attached hydrogens (primary N) is 1. The molecule has 1 heterocycles. The third-order valence-corrected chi connectivity index (χ3v) is 3.27. The Morgan fingerprint density at radius 1 is 1.38 bits per heavy atom. The minimum absolute atomic E-state index is 0.603. The van der Waals surface area contributed by atoms with Crippen molar-refractivity contribution in [3.63, 3.8) is 0 Å². The molecule has 0 aliphatic carbocycles. The summed E-state index contributed by atoms with van der Waals surface area (Å²) in [6, 6.07) is 7.89. The highest BCUT2D eigenvalue weighted by Gasteiger charge is 2.11. The van der Waals surface area contributed by atoms with E-state index < -0.39 is 0 Å². The van der Waals surface area contributed by atoms with Crippen molar-refractivity contribution in [3.8, 4) is 16.3 Å². The highest BCUT2D eigenvalue weighted by atomic mass is 32.1. The second-order valence-electron chi connectivity index (χ2n) is 3.39. The van der Waals surface area contributed by atoms with Gasteiger partial charge in [0.2, 0.25) is 0 Å². The van der Waals surface area contributed by atoms with E-state index >= 15 is 0 Å². The molecule has 16 heavy (non-hydrogen) atoms. The Balaban J connectivity index is 2.46. The van der Waals surface area contributed by atoms with Crippen LogP contribution in [-0.4, -0.2) is 11.6 Å². The van der Waals surface area contributed by atoms with Crippen molar-refractivity contribution in [3.05, 3.63) is 29.1 Å². The summed E-state index contributed by atoms with van der Waals surface area (Å²) in [5.41, 5.74) is 6.77. The Hall–Kier alpha value is -1.55. The average Bonchev–Trinajstić information content (AvgIpc) is 2.60. The van der Waals surface area contributed by atoms with E-state index in [1.165, 1.54) is 0 Å². The van der Waals surface area contributed by atoms with Crippen LogP contribution in [-0.2, 0) is 0 Å². The van der Waals surface area contributed by atoms with Crippen LogP contribution in [0.15, 0.2) is 24.3 Å². The average molecular weight is 234 g/mol. The molecule has 0 aliphatic rings. The number of aromatic nitrogens is 1. The van der Waals surface area contributed by atoms with Gasteiger partial charge in [0.05, 0.1) is 12.2 Å². The lowest BCUT2D eigenvalue weighted by molar-refractivity contribution is 0.341. The number of aryl methyl sites for hydroxylation is 1. The monoisotopic (exact) mass is 234 g/mol. The van der Waals surface area contributed by atoms with Crippen molar-refractivity contribution < 1.29 is 4.74 Å². The van der Waals surface area contributed by atoms with Gasteiger partial charge in [-0.1, -0.05) is 12.1 Å². The Bertz CT molecular complexity index is 474. The summed E-state index contributed by atoms with van der Waals surface area (Å²) in [6.45, 7) is 4.59. The van der Waals surface area contributed by atoms with Crippen LogP contribution in [0.1, 0.15) is 11.8 Å². The number of anilines is 1. The van der Waals surface area contributed by atoms with E-state index in [1.54, 1.807) is 11.3 Å². The second-order valence-corrected chi connectivity index (χ2v) is 4.59. The number of thiazole rings is 1. The molecule has 1 aromatic carbocycles. The summed E-state index contributed by atoms with van der Waals surface area (Å²) in [7, 11) is 0. The summed E-state index contributed by atoms with van der Waals surface area (Å²) in [4.78, 5) is 5.38. The maximum absolute atomic E-state index is 5.76. The maximum atomic E-state index is 5.76. The molecule has 4 heteroatoms.